The summed E-state index contributed by atoms with van der Waals surface area (Å²) in [4.78, 5) is 0. The Morgan fingerprint density at radius 1 is 0.333 bits per heavy atom. The molecule has 0 amide bonds. The molecule has 48 valence electrons. The lowest BCUT2D eigenvalue weighted by atomic mass is 35.5. The van der Waals surface area contributed by atoms with E-state index in [2.05, 4.69) is 0 Å². The summed E-state index contributed by atoms with van der Waals surface area (Å²) in [5.74, 6) is 0. The van der Waals surface area contributed by atoms with E-state index in [1.165, 1.54) is 0 Å². The highest BCUT2D eigenvalue weighted by Crippen LogP contribution is 0.888. The molecule has 0 aromatic carbocycles. The summed E-state index contributed by atoms with van der Waals surface area (Å²) in [7, 11) is 0. The molecule has 0 unspecified atom stereocenters. The van der Waals surface area contributed by atoms with E-state index in [9.17, 15) is 0 Å². The lowest BCUT2D eigenvalue weighted by Crippen LogP contribution is 0.689. The zero-order chi connectivity index (χ0) is 0. The van der Waals surface area contributed by atoms with Gasteiger partial charge in [-0.3, -0.25) is 0 Å². The van der Waals surface area contributed by atoms with Crippen LogP contribution in [0.4, 0.5) is 0 Å². The third-order valence-corrected chi connectivity index (χ3v) is 0. The Morgan fingerprint density at radius 3 is 0.333 bits per heavy atom. The minimum atomic E-state index is 0. The highest BCUT2D eigenvalue weighted by molar-refractivity contribution is 14.0. The Bertz CT molecular complexity index is 6.00. The molecule has 0 atom stereocenters. The lowest BCUT2D eigenvalue weighted by Gasteiger charge is -0.148. The van der Waals surface area contributed by atoms with Gasteiger partial charge in [-0.2, -0.15) is 0 Å². The molecule has 0 aliphatic heterocycles. The monoisotopic (exact) mass is 492 g/mol. The van der Waals surface area contributed by atoms with E-state index in [1.54, 1.807) is 0 Å². The summed E-state index contributed by atoms with van der Waals surface area (Å²) in [5.41, 5.74) is 0. The lowest BCUT2D eigenvalue weighted by molar-refractivity contribution is 5.85. The van der Waals surface area contributed by atoms with Crippen molar-refractivity contribution < 1.29 is 0 Å². The van der Waals surface area contributed by atoms with Crippen LogP contribution in [-0.4, -0.2) is 0 Å². The minimum Gasteiger partial charge on any atom is -0.147 e. The van der Waals surface area contributed by atoms with Gasteiger partial charge in [-0.25, -0.2) is 0 Å². The molecule has 0 aliphatic rings. The van der Waals surface area contributed by atoms with Crippen LogP contribution in [0.2, 0.25) is 0 Å². The van der Waals surface area contributed by atoms with Gasteiger partial charge in [0.2, 0.25) is 0 Å². The van der Waals surface area contributed by atoms with Gasteiger partial charge >= 0.3 is 0 Å². The van der Waals surface area contributed by atoms with Crippen LogP contribution in [0, 0.1) is 0 Å². The molecular formula is H6Cl3I3. The second kappa shape index (κ2) is 42.9. The summed E-state index contributed by atoms with van der Waals surface area (Å²) in [6.45, 7) is 0. The minimum absolute atomic E-state index is 0. The van der Waals surface area contributed by atoms with Crippen molar-refractivity contribution in [3.8, 4) is 0 Å². The highest BCUT2D eigenvalue weighted by Gasteiger charge is -0.105. The van der Waals surface area contributed by atoms with E-state index in [-0.39, 0.29) is 109 Å². The fourth-order valence-corrected chi connectivity index (χ4v) is 0. The van der Waals surface area contributed by atoms with Crippen molar-refractivity contribution >= 4 is 109 Å². The zero-order valence-electron chi connectivity index (χ0n) is 2.45. The SMILES string of the molecule is Cl.Cl.Cl.I.I.I. The van der Waals surface area contributed by atoms with Crippen molar-refractivity contribution in [3.05, 3.63) is 0 Å². The van der Waals surface area contributed by atoms with Crippen LogP contribution in [-0.2, 0) is 0 Å². The molecule has 0 fully saturated rings. The van der Waals surface area contributed by atoms with Crippen molar-refractivity contribution in [1.29, 1.82) is 0 Å². The average molecular weight is 493 g/mol. The van der Waals surface area contributed by atoms with Crippen LogP contribution < -0.4 is 0 Å². The number of rotatable bonds is 0. The van der Waals surface area contributed by atoms with Gasteiger partial charge in [0, 0.05) is 0 Å². The Balaban J connectivity index is 0. The maximum absolute atomic E-state index is 0. The van der Waals surface area contributed by atoms with Crippen LogP contribution >= 0.6 is 109 Å². The fourth-order valence-electron chi connectivity index (χ4n) is 0. The van der Waals surface area contributed by atoms with E-state index < -0.39 is 0 Å². The second-order valence-electron chi connectivity index (χ2n) is 0. The summed E-state index contributed by atoms with van der Waals surface area (Å²) in [5, 5.41) is 0. The summed E-state index contributed by atoms with van der Waals surface area (Å²) in [6, 6.07) is 0. The van der Waals surface area contributed by atoms with Crippen molar-refractivity contribution in [2.45, 2.75) is 0 Å². The Morgan fingerprint density at radius 2 is 0.333 bits per heavy atom. The maximum atomic E-state index is 0. The number of hydrogen-bond donors (Lipinski definition) is 0. The summed E-state index contributed by atoms with van der Waals surface area (Å²) < 4.78 is 0. The van der Waals surface area contributed by atoms with Gasteiger partial charge in [0.05, 0.1) is 0 Å². The molecule has 0 radical (unpaired) electrons. The Labute approximate surface area is 107 Å². The van der Waals surface area contributed by atoms with Crippen LogP contribution in [0.3, 0.4) is 0 Å². The molecule has 0 aromatic rings. The first kappa shape index (κ1) is 62.9. The largest absolute Gasteiger partial charge is 0.147 e. The van der Waals surface area contributed by atoms with Crippen molar-refractivity contribution in [3.63, 3.8) is 0 Å². The standard InChI is InChI=1S/3ClH.3HI/h6*1H. The predicted molar refractivity (Wildman–Crippen MR) is 68.0 cm³/mol. The molecule has 0 rings (SSSR count). The van der Waals surface area contributed by atoms with Gasteiger partial charge < -0.3 is 0 Å². The highest BCUT2D eigenvalue weighted by atomic mass is 127. The quantitative estimate of drug-likeness (QED) is 0.456. The van der Waals surface area contributed by atoms with Crippen LogP contribution in [0.5, 0.6) is 0 Å². The number of halogens is 6. The Hall–Kier alpha value is 3.06. The summed E-state index contributed by atoms with van der Waals surface area (Å²) >= 11 is 0. The molecule has 0 N–H and O–H groups in total. The van der Waals surface area contributed by atoms with Crippen LogP contribution in [0.15, 0.2) is 0 Å². The van der Waals surface area contributed by atoms with E-state index in [1.807, 2.05) is 0 Å². The van der Waals surface area contributed by atoms with Crippen molar-refractivity contribution in [2.24, 2.45) is 0 Å². The molecule has 0 saturated carbocycles. The van der Waals surface area contributed by atoms with Gasteiger partial charge in [0.25, 0.3) is 0 Å². The number of hydrogen-bond acceptors (Lipinski definition) is 0. The maximum Gasteiger partial charge on any atom is -0.107 e. The van der Waals surface area contributed by atoms with Gasteiger partial charge in [-0.1, -0.05) is 0 Å². The van der Waals surface area contributed by atoms with Crippen LogP contribution in [0.25, 0.3) is 0 Å². The molecule has 0 aliphatic carbocycles. The van der Waals surface area contributed by atoms with E-state index in [0.29, 0.717) is 0 Å². The molecule has 0 bridgehead atoms. The third kappa shape index (κ3) is 27.7. The first-order chi connectivity index (χ1) is 0. The fraction of sp³-hybridized carbons (Fsp3) is 0. The molecule has 6 heteroatoms. The molecule has 0 heterocycles. The van der Waals surface area contributed by atoms with Crippen molar-refractivity contribution in [2.75, 3.05) is 0 Å². The van der Waals surface area contributed by atoms with Crippen molar-refractivity contribution in [1.82, 2.24) is 0 Å². The molecule has 0 spiro atoms. The summed E-state index contributed by atoms with van der Waals surface area (Å²) in [6.07, 6.45) is 0. The van der Waals surface area contributed by atoms with Gasteiger partial charge in [-0.15, -0.1) is 109 Å². The smallest absolute Gasteiger partial charge is 0.107 e. The molecule has 0 saturated heterocycles. The second-order valence-corrected chi connectivity index (χ2v) is 0. The predicted octanol–water partition coefficient (Wildman–Crippen LogP) is 3.12. The van der Waals surface area contributed by atoms with Gasteiger partial charge in [0.1, 0.15) is 0 Å². The normalized spacial score (nSPS) is 0. The van der Waals surface area contributed by atoms with Crippen LogP contribution in [0.1, 0.15) is 0 Å². The van der Waals surface area contributed by atoms with E-state index >= 15 is 0 Å². The van der Waals surface area contributed by atoms with Gasteiger partial charge in [0.15, 0.2) is 0 Å². The molecule has 0 nitrogen and oxygen atoms in total. The topological polar surface area (TPSA) is 0 Å². The third-order valence-electron chi connectivity index (χ3n) is 0. The molecular weight excluding hydrogens is 487 g/mol. The molecule has 0 aromatic heterocycles. The van der Waals surface area contributed by atoms with Gasteiger partial charge in [-0.05, 0) is 0 Å². The first-order valence-electron chi connectivity index (χ1n) is 0. The zero-order valence-corrected chi connectivity index (χ0v) is 11.9. The first-order valence-corrected chi connectivity index (χ1v) is 0. The Kier molecular flexibility index (Phi) is 449. The average Bonchev–Trinajstić information content (AvgIpc) is 0. The van der Waals surface area contributed by atoms with E-state index in [0.717, 1.165) is 0 Å². The van der Waals surface area contributed by atoms with E-state index in [4.69, 9.17) is 0 Å². The molecule has 6 heavy (non-hydrogen) atoms.